The number of hydrogen-bond donors (Lipinski definition) is 3. The van der Waals surface area contributed by atoms with Crippen LogP contribution >= 0.6 is 22.6 Å². The van der Waals surface area contributed by atoms with E-state index in [2.05, 4.69) is 32.8 Å². The largest absolute Gasteiger partial charge is 0.489 e. The smallest absolute Gasteiger partial charge is 0.250 e. The molecule has 1 fully saturated rings. The third kappa shape index (κ3) is 6.05. The first-order valence-electron chi connectivity index (χ1n) is 9.51. The second-order valence-electron chi connectivity index (χ2n) is 7.01. The molecule has 7 nitrogen and oxygen atoms in total. The molecule has 1 amide bonds. The molecular weight excluding hydrogens is 485 g/mol. The van der Waals surface area contributed by atoms with Crippen LogP contribution in [0.2, 0.25) is 0 Å². The van der Waals surface area contributed by atoms with Crippen LogP contribution in [0.4, 0.5) is 11.4 Å². The molecule has 156 valence electrons. The molecule has 1 aliphatic heterocycles. The van der Waals surface area contributed by atoms with E-state index in [-0.39, 0.29) is 6.61 Å². The van der Waals surface area contributed by atoms with Crippen molar-refractivity contribution in [1.82, 2.24) is 4.90 Å². The van der Waals surface area contributed by atoms with Gasteiger partial charge in [-0.05, 0) is 65.4 Å². The van der Waals surface area contributed by atoms with Crippen molar-refractivity contribution in [3.05, 3.63) is 51.1 Å². The van der Waals surface area contributed by atoms with Gasteiger partial charge in [-0.3, -0.25) is 9.69 Å². The molecule has 1 unspecified atom stereocenters. The molecule has 0 spiro atoms. The van der Waals surface area contributed by atoms with Crippen LogP contribution in [0.15, 0.2) is 36.4 Å². The number of nitrogens with one attached hydrogen (secondary N) is 1. The number of morpholine rings is 1. The molecular formula is C21H26IN3O4. The Hall–Kier alpha value is -1.88. The monoisotopic (exact) mass is 511 g/mol. The van der Waals surface area contributed by atoms with Gasteiger partial charge < -0.3 is 25.6 Å². The van der Waals surface area contributed by atoms with Gasteiger partial charge in [0.05, 0.1) is 24.5 Å². The number of benzene rings is 2. The molecule has 2 aromatic rings. The highest BCUT2D eigenvalue weighted by Crippen LogP contribution is 2.33. The van der Waals surface area contributed by atoms with Crippen LogP contribution in [0.5, 0.6) is 5.75 Å². The van der Waals surface area contributed by atoms with E-state index in [0.29, 0.717) is 36.8 Å². The fourth-order valence-corrected chi connectivity index (χ4v) is 3.86. The number of rotatable bonds is 8. The molecule has 0 aliphatic carbocycles. The number of ether oxygens (including phenoxy) is 2. The van der Waals surface area contributed by atoms with Crippen molar-refractivity contribution in [2.24, 2.45) is 5.73 Å². The third-order valence-corrected chi connectivity index (χ3v) is 5.41. The summed E-state index contributed by atoms with van der Waals surface area (Å²) in [5.41, 5.74) is 8.31. The lowest BCUT2D eigenvalue weighted by Gasteiger charge is -2.28. The van der Waals surface area contributed by atoms with Gasteiger partial charge in [0.15, 0.2) is 0 Å². The number of primary amides is 1. The highest BCUT2D eigenvalue weighted by Gasteiger charge is 2.18. The molecule has 3 rings (SSSR count). The number of aryl methyl sites for hydroxylation is 1. The molecule has 4 N–H and O–H groups in total. The van der Waals surface area contributed by atoms with E-state index >= 15 is 0 Å². The van der Waals surface area contributed by atoms with Gasteiger partial charge in [-0.25, -0.2) is 0 Å². The number of amides is 1. The van der Waals surface area contributed by atoms with E-state index in [4.69, 9.17) is 15.2 Å². The van der Waals surface area contributed by atoms with Crippen molar-refractivity contribution in [3.63, 3.8) is 0 Å². The maximum Gasteiger partial charge on any atom is 0.250 e. The minimum atomic E-state index is -0.654. The van der Waals surface area contributed by atoms with Crippen LogP contribution in [-0.2, 0) is 4.74 Å². The van der Waals surface area contributed by atoms with Crippen molar-refractivity contribution in [3.8, 4) is 5.75 Å². The van der Waals surface area contributed by atoms with E-state index in [0.717, 1.165) is 27.9 Å². The Bertz CT molecular complexity index is 856. The zero-order chi connectivity index (χ0) is 20.8. The number of aliphatic hydroxyl groups is 1. The summed E-state index contributed by atoms with van der Waals surface area (Å²) in [6.45, 7) is 5.57. The number of aliphatic hydroxyl groups excluding tert-OH is 1. The van der Waals surface area contributed by atoms with E-state index in [9.17, 15) is 9.90 Å². The SMILES string of the molecule is Cc1cc(I)ccc1Nc1c(OCC(O)CN2CCOCC2)cccc1C(N)=O. The maximum atomic E-state index is 12.0. The highest BCUT2D eigenvalue weighted by atomic mass is 127. The second-order valence-corrected chi connectivity index (χ2v) is 8.25. The Morgan fingerprint density at radius 3 is 2.79 bits per heavy atom. The van der Waals surface area contributed by atoms with Gasteiger partial charge >= 0.3 is 0 Å². The number of carbonyl (C=O) groups is 1. The summed E-state index contributed by atoms with van der Waals surface area (Å²) < 4.78 is 12.3. The summed E-state index contributed by atoms with van der Waals surface area (Å²) in [7, 11) is 0. The van der Waals surface area contributed by atoms with Crippen LogP contribution < -0.4 is 15.8 Å². The fraction of sp³-hybridized carbons (Fsp3) is 0.381. The standard InChI is InChI=1S/C21H26IN3O4/c1-14-11-15(22)5-6-18(14)24-20-17(21(23)27)3-2-4-19(20)29-13-16(26)12-25-7-9-28-10-8-25/h2-6,11,16,24,26H,7-10,12-13H2,1H3,(H2,23,27). The predicted octanol–water partition coefficient (Wildman–Crippen LogP) is 2.51. The number of carbonyl (C=O) groups excluding carboxylic acids is 1. The van der Waals surface area contributed by atoms with Crippen molar-refractivity contribution in [2.75, 3.05) is 44.8 Å². The van der Waals surface area contributed by atoms with Gasteiger partial charge in [0, 0.05) is 28.9 Å². The van der Waals surface area contributed by atoms with Crippen LogP contribution in [0, 0.1) is 10.5 Å². The summed E-state index contributed by atoms with van der Waals surface area (Å²) in [5, 5.41) is 13.7. The average molecular weight is 511 g/mol. The van der Waals surface area contributed by atoms with Crippen LogP contribution in [0.25, 0.3) is 0 Å². The number of nitrogens with two attached hydrogens (primary N) is 1. The van der Waals surface area contributed by atoms with Gasteiger partial charge in [-0.2, -0.15) is 0 Å². The highest BCUT2D eigenvalue weighted by molar-refractivity contribution is 14.1. The fourth-order valence-electron chi connectivity index (χ4n) is 3.21. The minimum absolute atomic E-state index is 0.111. The first kappa shape index (κ1) is 21.8. The van der Waals surface area contributed by atoms with E-state index in [1.165, 1.54) is 0 Å². The molecule has 1 heterocycles. The van der Waals surface area contributed by atoms with E-state index < -0.39 is 12.0 Å². The van der Waals surface area contributed by atoms with Gasteiger partial charge in [0.2, 0.25) is 0 Å². The lowest BCUT2D eigenvalue weighted by Crippen LogP contribution is -2.42. The zero-order valence-corrected chi connectivity index (χ0v) is 18.5. The van der Waals surface area contributed by atoms with Crippen molar-refractivity contribution in [2.45, 2.75) is 13.0 Å². The number of para-hydroxylation sites is 1. The van der Waals surface area contributed by atoms with Gasteiger partial charge in [-0.1, -0.05) is 6.07 Å². The molecule has 0 saturated carbocycles. The Balaban J connectivity index is 1.75. The third-order valence-electron chi connectivity index (χ3n) is 4.74. The first-order valence-corrected chi connectivity index (χ1v) is 10.6. The Morgan fingerprint density at radius 2 is 2.10 bits per heavy atom. The number of anilines is 2. The quantitative estimate of drug-likeness (QED) is 0.472. The maximum absolute atomic E-state index is 12.0. The van der Waals surface area contributed by atoms with Crippen molar-refractivity contribution >= 4 is 39.9 Å². The normalized spacial score (nSPS) is 15.7. The zero-order valence-electron chi connectivity index (χ0n) is 16.4. The Labute approximate surface area is 184 Å². The summed E-state index contributed by atoms with van der Waals surface area (Å²) in [5.74, 6) is -0.0738. The van der Waals surface area contributed by atoms with Gasteiger partial charge in [0.1, 0.15) is 18.5 Å². The molecule has 1 aliphatic rings. The van der Waals surface area contributed by atoms with Crippen LogP contribution in [0.1, 0.15) is 15.9 Å². The molecule has 1 saturated heterocycles. The van der Waals surface area contributed by atoms with Crippen molar-refractivity contribution in [1.29, 1.82) is 0 Å². The molecule has 8 heteroatoms. The van der Waals surface area contributed by atoms with Crippen LogP contribution in [0.3, 0.4) is 0 Å². The molecule has 0 radical (unpaired) electrons. The summed E-state index contributed by atoms with van der Waals surface area (Å²) in [6.07, 6.45) is -0.654. The summed E-state index contributed by atoms with van der Waals surface area (Å²) in [6, 6.07) is 11.1. The molecule has 0 bridgehead atoms. The number of nitrogens with zero attached hydrogens (tertiary/aromatic N) is 1. The number of halogens is 1. The average Bonchev–Trinajstić information content (AvgIpc) is 2.69. The summed E-state index contributed by atoms with van der Waals surface area (Å²) in [4.78, 5) is 14.1. The van der Waals surface area contributed by atoms with E-state index in [1.807, 2.05) is 25.1 Å². The number of β-amino-alcohol motifs (C(OH)–C–C–N with tert-alkyl or cyclic N) is 1. The molecule has 1 atom stereocenters. The number of hydrogen-bond acceptors (Lipinski definition) is 6. The molecule has 29 heavy (non-hydrogen) atoms. The Kier molecular flexibility index (Phi) is 7.70. The minimum Gasteiger partial charge on any atom is -0.489 e. The second kappa shape index (κ2) is 10.2. The van der Waals surface area contributed by atoms with Crippen molar-refractivity contribution < 1.29 is 19.4 Å². The predicted molar refractivity (Wildman–Crippen MR) is 121 cm³/mol. The van der Waals surface area contributed by atoms with Gasteiger partial charge in [-0.15, -0.1) is 0 Å². The lowest BCUT2D eigenvalue weighted by molar-refractivity contribution is 0.00472. The topological polar surface area (TPSA) is 97.0 Å². The first-order chi connectivity index (χ1) is 13.9. The van der Waals surface area contributed by atoms with Gasteiger partial charge in [0.25, 0.3) is 5.91 Å². The Morgan fingerprint density at radius 1 is 1.34 bits per heavy atom. The lowest BCUT2D eigenvalue weighted by atomic mass is 10.1. The molecule has 0 aromatic heterocycles. The summed E-state index contributed by atoms with van der Waals surface area (Å²) >= 11 is 2.25. The van der Waals surface area contributed by atoms with Crippen LogP contribution in [-0.4, -0.2) is 61.5 Å². The van der Waals surface area contributed by atoms with E-state index in [1.54, 1.807) is 18.2 Å². The molecule has 2 aromatic carbocycles.